The number of hydrogen-bond donors (Lipinski definition) is 1. The Hall–Kier alpha value is -0.610. The van der Waals surface area contributed by atoms with Gasteiger partial charge in [0.25, 0.3) is 0 Å². The molecule has 0 aromatic rings. The average Bonchev–Trinajstić information content (AvgIpc) is 2.42. The molecule has 0 unspecified atom stereocenters. The summed E-state index contributed by atoms with van der Waals surface area (Å²) < 4.78 is 5.59. The molecule has 1 amide bonds. The van der Waals surface area contributed by atoms with E-state index in [1.165, 1.54) is 12.8 Å². The van der Waals surface area contributed by atoms with Gasteiger partial charge in [-0.25, -0.2) is 0 Å². The van der Waals surface area contributed by atoms with E-state index in [1.807, 2.05) is 11.8 Å². The molecule has 19 heavy (non-hydrogen) atoms. The summed E-state index contributed by atoms with van der Waals surface area (Å²) in [5.41, 5.74) is 0. The van der Waals surface area contributed by atoms with Gasteiger partial charge in [-0.3, -0.25) is 4.79 Å². The fraction of sp³-hybridized carbons (Fsp3) is 0.933. The summed E-state index contributed by atoms with van der Waals surface area (Å²) in [7, 11) is 0. The highest BCUT2D eigenvalue weighted by Crippen LogP contribution is 2.24. The van der Waals surface area contributed by atoms with Gasteiger partial charge >= 0.3 is 0 Å². The molecule has 0 aliphatic carbocycles. The van der Waals surface area contributed by atoms with Gasteiger partial charge in [-0.2, -0.15) is 0 Å². The van der Waals surface area contributed by atoms with E-state index in [0.717, 1.165) is 19.6 Å². The van der Waals surface area contributed by atoms with Crippen LogP contribution in [-0.4, -0.2) is 49.2 Å². The molecule has 4 heteroatoms. The first kappa shape index (κ1) is 14.8. The second-order valence-corrected chi connectivity index (χ2v) is 6.33. The molecule has 0 aromatic carbocycles. The lowest BCUT2D eigenvalue weighted by Gasteiger charge is -2.38. The predicted octanol–water partition coefficient (Wildman–Crippen LogP) is 1.65. The first-order chi connectivity index (χ1) is 9.08. The second kappa shape index (κ2) is 6.71. The van der Waals surface area contributed by atoms with Crippen molar-refractivity contribution in [1.29, 1.82) is 0 Å². The zero-order valence-corrected chi connectivity index (χ0v) is 12.5. The molecule has 110 valence electrons. The van der Waals surface area contributed by atoms with Crippen LogP contribution in [0.3, 0.4) is 0 Å². The molecule has 4 nitrogen and oxygen atoms in total. The molecule has 0 aromatic heterocycles. The van der Waals surface area contributed by atoms with E-state index in [4.69, 9.17) is 4.74 Å². The Labute approximate surface area is 116 Å². The van der Waals surface area contributed by atoms with Crippen molar-refractivity contribution in [3.63, 3.8) is 0 Å². The molecule has 2 rings (SSSR count). The number of morpholine rings is 1. The Morgan fingerprint density at radius 3 is 2.95 bits per heavy atom. The van der Waals surface area contributed by atoms with Gasteiger partial charge < -0.3 is 15.0 Å². The zero-order chi connectivity index (χ0) is 13.8. The summed E-state index contributed by atoms with van der Waals surface area (Å²) in [6.07, 6.45) is 3.36. The normalized spacial score (nSPS) is 34.1. The molecule has 0 spiro atoms. The van der Waals surface area contributed by atoms with Crippen LogP contribution >= 0.6 is 0 Å². The van der Waals surface area contributed by atoms with Crippen LogP contribution in [0.5, 0.6) is 0 Å². The third kappa shape index (κ3) is 3.93. The Morgan fingerprint density at radius 2 is 2.26 bits per heavy atom. The maximum atomic E-state index is 12.5. The highest BCUT2D eigenvalue weighted by molar-refractivity contribution is 5.77. The minimum absolute atomic E-state index is 0.173. The number of nitrogens with zero attached hydrogens (tertiary/aromatic N) is 1. The van der Waals surface area contributed by atoms with Gasteiger partial charge in [0.15, 0.2) is 0 Å². The summed E-state index contributed by atoms with van der Waals surface area (Å²) >= 11 is 0. The van der Waals surface area contributed by atoms with E-state index in [2.05, 4.69) is 19.2 Å². The Kier molecular flexibility index (Phi) is 5.22. The molecule has 2 fully saturated rings. The maximum absolute atomic E-state index is 12.5. The highest BCUT2D eigenvalue weighted by Gasteiger charge is 2.30. The van der Waals surface area contributed by atoms with Crippen molar-refractivity contribution in [2.75, 3.05) is 26.2 Å². The number of ether oxygens (including phenoxy) is 1. The number of nitrogens with one attached hydrogen (secondary N) is 1. The van der Waals surface area contributed by atoms with Crippen molar-refractivity contribution in [3.8, 4) is 0 Å². The lowest BCUT2D eigenvalue weighted by molar-refractivity contribution is -0.144. The fourth-order valence-corrected chi connectivity index (χ4v) is 3.17. The molecular formula is C15H28N2O2. The van der Waals surface area contributed by atoms with Gasteiger partial charge in [0, 0.05) is 13.0 Å². The molecule has 2 heterocycles. The van der Waals surface area contributed by atoms with Crippen LogP contribution in [0.25, 0.3) is 0 Å². The van der Waals surface area contributed by atoms with Crippen molar-refractivity contribution < 1.29 is 9.53 Å². The Balaban J connectivity index is 1.85. The monoisotopic (exact) mass is 268 g/mol. The molecule has 0 radical (unpaired) electrons. The van der Waals surface area contributed by atoms with Crippen LogP contribution in [0, 0.1) is 11.8 Å². The first-order valence-electron chi connectivity index (χ1n) is 7.69. The number of carbonyl (C=O) groups is 1. The van der Waals surface area contributed by atoms with Crippen LogP contribution in [-0.2, 0) is 9.53 Å². The molecule has 2 aliphatic rings. The van der Waals surface area contributed by atoms with E-state index in [9.17, 15) is 4.79 Å². The third-order valence-corrected chi connectivity index (χ3v) is 4.56. The SMILES string of the molecule is C[C@@H]1CN(C(=O)C[C@H](C)[C@H]2CCCNC2)[C@H](C)CO1. The first-order valence-corrected chi connectivity index (χ1v) is 7.69. The highest BCUT2D eigenvalue weighted by atomic mass is 16.5. The third-order valence-electron chi connectivity index (χ3n) is 4.56. The standard InChI is InChI=1S/C15H28N2O2/c1-11(14-5-4-6-16-8-14)7-15(18)17-9-13(3)19-10-12(17)2/h11-14,16H,4-10H2,1-3H3/t11-,12+,13+,14-/m0/s1. The quantitative estimate of drug-likeness (QED) is 0.846. The largest absolute Gasteiger partial charge is 0.375 e. The molecule has 4 atom stereocenters. The van der Waals surface area contributed by atoms with Gasteiger partial charge in [0.2, 0.25) is 5.91 Å². The zero-order valence-electron chi connectivity index (χ0n) is 12.5. The maximum Gasteiger partial charge on any atom is 0.223 e. The van der Waals surface area contributed by atoms with Crippen molar-refractivity contribution in [2.24, 2.45) is 11.8 Å². The van der Waals surface area contributed by atoms with E-state index in [1.54, 1.807) is 0 Å². The lowest BCUT2D eigenvalue weighted by atomic mass is 9.85. The summed E-state index contributed by atoms with van der Waals surface area (Å²) in [4.78, 5) is 14.5. The molecule has 2 saturated heterocycles. The molecular weight excluding hydrogens is 240 g/mol. The minimum atomic E-state index is 0.173. The minimum Gasteiger partial charge on any atom is -0.375 e. The Morgan fingerprint density at radius 1 is 1.47 bits per heavy atom. The van der Waals surface area contributed by atoms with Gasteiger partial charge in [-0.1, -0.05) is 6.92 Å². The number of hydrogen-bond acceptors (Lipinski definition) is 3. The van der Waals surface area contributed by atoms with Crippen molar-refractivity contribution >= 4 is 5.91 Å². The summed E-state index contributed by atoms with van der Waals surface area (Å²) in [6, 6.07) is 0.223. The van der Waals surface area contributed by atoms with Crippen LogP contribution in [0.1, 0.15) is 40.0 Å². The number of rotatable bonds is 3. The van der Waals surface area contributed by atoms with Crippen molar-refractivity contribution in [1.82, 2.24) is 10.2 Å². The van der Waals surface area contributed by atoms with Gasteiger partial charge in [0.05, 0.1) is 18.8 Å². The van der Waals surface area contributed by atoms with E-state index in [-0.39, 0.29) is 12.1 Å². The topological polar surface area (TPSA) is 41.6 Å². The van der Waals surface area contributed by atoms with Crippen LogP contribution in [0.2, 0.25) is 0 Å². The smallest absolute Gasteiger partial charge is 0.223 e. The van der Waals surface area contributed by atoms with Crippen molar-refractivity contribution in [2.45, 2.75) is 52.2 Å². The molecule has 2 aliphatic heterocycles. The lowest BCUT2D eigenvalue weighted by Crippen LogP contribution is -2.50. The Bertz CT molecular complexity index is 303. The molecule has 0 saturated carbocycles. The predicted molar refractivity (Wildman–Crippen MR) is 76.0 cm³/mol. The fourth-order valence-electron chi connectivity index (χ4n) is 3.17. The van der Waals surface area contributed by atoms with E-state index >= 15 is 0 Å². The number of carbonyl (C=O) groups excluding carboxylic acids is 1. The van der Waals surface area contributed by atoms with E-state index < -0.39 is 0 Å². The summed E-state index contributed by atoms with van der Waals surface area (Å²) in [5, 5.41) is 3.44. The van der Waals surface area contributed by atoms with E-state index in [0.29, 0.717) is 30.8 Å². The summed E-state index contributed by atoms with van der Waals surface area (Å²) in [5.74, 6) is 1.44. The molecule has 0 bridgehead atoms. The number of piperidine rings is 1. The van der Waals surface area contributed by atoms with Gasteiger partial charge in [0.1, 0.15) is 0 Å². The van der Waals surface area contributed by atoms with Crippen LogP contribution in [0.15, 0.2) is 0 Å². The summed E-state index contributed by atoms with van der Waals surface area (Å²) in [6.45, 7) is 9.97. The average molecular weight is 268 g/mol. The number of amides is 1. The second-order valence-electron chi connectivity index (χ2n) is 6.33. The molecule has 1 N–H and O–H groups in total. The van der Waals surface area contributed by atoms with Crippen molar-refractivity contribution in [3.05, 3.63) is 0 Å². The van der Waals surface area contributed by atoms with Crippen LogP contribution < -0.4 is 5.32 Å². The van der Waals surface area contributed by atoms with Gasteiger partial charge in [-0.05, 0) is 51.6 Å². The van der Waals surface area contributed by atoms with Crippen LogP contribution in [0.4, 0.5) is 0 Å². The van der Waals surface area contributed by atoms with Gasteiger partial charge in [-0.15, -0.1) is 0 Å².